The molecule has 0 spiro atoms. The van der Waals surface area contributed by atoms with Crippen molar-refractivity contribution in [1.29, 1.82) is 0 Å². The molecule has 3 rings (SSSR count). The molecule has 21 heavy (non-hydrogen) atoms. The zero-order valence-electron chi connectivity index (χ0n) is 11.7. The lowest BCUT2D eigenvalue weighted by Gasteiger charge is -2.45. The van der Waals surface area contributed by atoms with Gasteiger partial charge in [0.05, 0.1) is 24.3 Å². The molecule has 6 heteroatoms. The van der Waals surface area contributed by atoms with Gasteiger partial charge < -0.3 is 15.4 Å². The number of ether oxygens (including phenoxy) is 1. The summed E-state index contributed by atoms with van der Waals surface area (Å²) in [5, 5.41) is 0. The number of morpholine rings is 1. The molecule has 116 valence electrons. The van der Waals surface area contributed by atoms with Crippen LogP contribution in [0.2, 0.25) is 0 Å². The summed E-state index contributed by atoms with van der Waals surface area (Å²) in [5.41, 5.74) is 5.27. The van der Waals surface area contributed by atoms with Gasteiger partial charge in [0.1, 0.15) is 0 Å². The number of benzene rings is 1. The highest BCUT2D eigenvalue weighted by Crippen LogP contribution is 2.41. The van der Waals surface area contributed by atoms with Crippen molar-refractivity contribution in [3.05, 3.63) is 23.8 Å². The number of alkyl halides is 3. The maximum atomic E-state index is 13.3. The summed E-state index contributed by atoms with van der Waals surface area (Å²) >= 11 is 0. The zero-order valence-corrected chi connectivity index (χ0v) is 11.7. The lowest BCUT2D eigenvalue weighted by atomic mass is 9.89. The van der Waals surface area contributed by atoms with Gasteiger partial charge in [-0.05, 0) is 31.0 Å². The summed E-state index contributed by atoms with van der Waals surface area (Å²) in [4.78, 5) is 1.87. The van der Waals surface area contributed by atoms with Crippen LogP contribution < -0.4 is 10.6 Å². The van der Waals surface area contributed by atoms with Gasteiger partial charge in [-0.15, -0.1) is 0 Å². The number of fused-ring (bicyclic) bond motifs is 1. The molecule has 0 aromatic heterocycles. The molecule has 0 amide bonds. The molecule has 1 aromatic rings. The molecule has 0 radical (unpaired) electrons. The van der Waals surface area contributed by atoms with Crippen LogP contribution in [0.1, 0.15) is 31.2 Å². The van der Waals surface area contributed by atoms with Crippen LogP contribution in [0.5, 0.6) is 0 Å². The van der Waals surface area contributed by atoms with Crippen molar-refractivity contribution in [2.75, 3.05) is 23.8 Å². The predicted octanol–water partition coefficient (Wildman–Crippen LogP) is 3.44. The molecule has 1 aromatic carbocycles. The third kappa shape index (κ3) is 2.81. The Hall–Kier alpha value is -1.43. The van der Waals surface area contributed by atoms with Gasteiger partial charge in [0, 0.05) is 17.9 Å². The van der Waals surface area contributed by atoms with E-state index in [0.29, 0.717) is 13.2 Å². The number of rotatable bonds is 1. The van der Waals surface area contributed by atoms with E-state index in [0.717, 1.165) is 31.7 Å². The summed E-state index contributed by atoms with van der Waals surface area (Å²) in [7, 11) is 0. The first-order valence-corrected chi connectivity index (χ1v) is 7.32. The molecule has 1 aliphatic carbocycles. The summed E-state index contributed by atoms with van der Waals surface area (Å²) in [5.74, 6) is 0. The summed E-state index contributed by atoms with van der Waals surface area (Å²) in [6.07, 6.45) is -0.414. The van der Waals surface area contributed by atoms with Gasteiger partial charge in [-0.2, -0.15) is 13.2 Å². The Balaban J connectivity index is 1.99. The number of halogens is 3. The molecule has 1 saturated heterocycles. The van der Waals surface area contributed by atoms with Crippen molar-refractivity contribution in [1.82, 2.24) is 0 Å². The quantitative estimate of drug-likeness (QED) is 0.808. The first kappa shape index (κ1) is 14.5. The normalized spacial score (nSPS) is 26.5. The SMILES string of the molecule is Nc1ccc(N2CCOC3CCCCC32)c(C(F)(F)F)c1. The van der Waals surface area contributed by atoms with Crippen molar-refractivity contribution >= 4 is 11.4 Å². The second-order valence-corrected chi connectivity index (χ2v) is 5.73. The van der Waals surface area contributed by atoms with Crippen molar-refractivity contribution < 1.29 is 17.9 Å². The van der Waals surface area contributed by atoms with Gasteiger partial charge in [0.2, 0.25) is 0 Å². The number of anilines is 2. The third-order valence-electron chi connectivity index (χ3n) is 4.37. The van der Waals surface area contributed by atoms with Crippen LogP contribution in [0.3, 0.4) is 0 Å². The molecule has 2 fully saturated rings. The number of nitrogens with zero attached hydrogens (tertiary/aromatic N) is 1. The number of nitrogen functional groups attached to an aromatic ring is 1. The number of hydrogen-bond acceptors (Lipinski definition) is 3. The minimum absolute atomic E-state index is 0.0391. The van der Waals surface area contributed by atoms with Gasteiger partial charge in [0.25, 0.3) is 0 Å². The number of nitrogens with two attached hydrogens (primary N) is 1. The van der Waals surface area contributed by atoms with E-state index in [1.807, 2.05) is 4.90 Å². The minimum atomic E-state index is -4.40. The van der Waals surface area contributed by atoms with Crippen molar-refractivity contribution in [2.45, 2.75) is 44.0 Å². The van der Waals surface area contributed by atoms with E-state index in [-0.39, 0.29) is 23.5 Å². The largest absolute Gasteiger partial charge is 0.418 e. The van der Waals surface area contributed by atoms with E-state index < -0.39 is 11.7 Å². The van der Waals surface area contributed by atoms with E-state index in [4.69, 9.17) is 10.5 Å². The smallest absolute Gasteiger partial charge is 0.399 e. The molecule has 3 nitrogen and oxygen atoms in total. The Morgan fingerprint density at radius 1 is 1.19 bits per heavy atom. The van der Waals surface area contributed by atoms with Gasteiger partial charge >= 0.3 is 6.18 Å². The summed E-state index contributed by atoms with van der Waals surface area (Å²) < 4.78 is 45.6. The molecule has 2 N–H and O–H groups in total. The van der Waals surface area contributed by atoms with E-state index in [1.54, 1.807) is 0 Å². The van der Waals surface area contributed by atoms with Gasteiger partial charge in [0.15, 0.2) is 0 Å². The molecule has 2 aliphatic rings. The van der Waals surface area contributed by atoms with Crippen molar-refractivity contribution in [2.24, 2.45) is 0 Å². The van der Waals surface area contributed by atoms with Crippen LogP contribution in [0.4, 0.5) is 24.5 Å². The Kier molecular flexibility index (Phi) is 3.73. The maximum absolute atomic E-state index is 13.3. The van der Waals surface area contributed by atoms with Gasteiger partial charge in [-0.25, -0.2) is 0 Å². The topological polar surface area (TPSA) is 38.5 Å². The van der Waals surface area contributed by atoms with Crippen LogP contribution in [0, 0.1) is 0 Å². The van der Waals surface area contributed by atoms with Gasteiger partial charge in [-0.1, -0.05) is 12.8 Å². The van der Waals surface area contributed by atoms with E-state index in [1.165, 1.54) is 12.1 Å². The van der Waals surface area contributed by atoms with Crippen molar-refractivity contribution in [3.8, 4) is 0 Å². The predicted molar refractivity (Wildman–Crippen MR) is 75.2 cm³/mol. The average molecular weight is 300 g/mol. The Bertz CT molecular complexity index is 516. The van der Waals surface area contributed by atoms with Crippen LogP contribution >= 0.6 is 0 Å². The van der Waals surface area contributed by atoms with Crippen LogP contribution in [-0.4, -0.2) is 25.3 Å². The highest BCUT2D eigenvalue weighted by atomic mass is 19.4. The molecule has 1 saturated carbocycles. The molecule has 1 aliphatic heterocycles. The lowest BCUT2D eigenvalue weighted by molar-refractivity contribution is -0.137. The maximum Gasteiger partial charge on any atom is 0.418 e. The van der Waals surface area contributed by atoms with Crippen molar-refractivity contribution in [3.63, 3.8) is 0 Å². The summed E-state index contributed by atoms with van der Waals surface area (Å²) in [6, 6.07) is 4.10. The van der Waals surface area contributed by atoms with Crippen LogP contribution in [0.25, 0.3) is 0 Å². The molecule has 0 bridgehead atoms. The molecular formula is C15H19F3N2O. The van der Waals surface area contributed by atoms with E-state index in [9.17, 15) is 13.2 Å². The second-order valence-electron chi connectivity index (χ2n) is 5.73. The standard InChI is InChI=1S/C15H19F3N2O/c16-15(17,18)11-9-10(19)5-6-12(11)20-7-8-21-14-4-2-1-3-13(14)20/h5-6,9,13-14H,1-4,7-8,19H2. The fourth-order valence-electron chi connectivity index (χ4n) is 3.43. The number of hydrogen-bond donors (Lipinski definition) is 1. The third-order valence-corrected chi connectivity index (χ3v) is 4.37. The second kappa shape index (κ2) is 5.40. The fourth-order valence-corrected chi connectivity index (χ4v) is 3.43. The summed E-state index contributed by atoms with van der Waals surface area (Å²) in [6.45, 7) is 0.969. The van der Waals surface area contributed by atoms with Crippen LogP contribution in [0.15, 0.2) is 18.2 Å². The minimum Gasteiger partial charge on any atom is -0.399 e. The zero-order chi connectivity index (χ0) is 15.0. The van der Waals surface area contributed by atoms with Crippen LogP contribution in [-0.2, 0) is 10.9 Å². The monoisotopic (exact) mass is 300 g/mol. The molecule has 1 heterocycles. The Morgan fingerprint density at radius 2 is 1.95 bits per heavy atom. The highest BCUT2D eigenvalue weighted by molar-refractivity contribution is 5.61. The highest BCUT2D eigenvalue weighted by Gasteiger charge is 2.40. The van der Waals surface area contributed by atoms with Gasteiger partial charge in [-0.3, -0.25) is 0 Å². The fraction of sp³-hybridized carbons (Fsp3) is 0.600. The van der Waals surface area contributed by atoms with E-state index >= 15 is 0 Å². The molecule has 2 unspecified atom stereocenters. The lowest BCUT2D eigenvalue weighted by Crippen LogP contribution is -2.53. The molecule has 2 atom stereocenters. The Morgan fingerprint density at radius 3 is 2.71 bits per heavy atom. The molecular weight excluding hydrogens is 281 g/mol. The first-order valence-electron chi connectivity index (χ1n) is 7.32. The first-order chi connectivity index (χ1) is 9.97. The average Bonchev–Trinajstić information content (AvgIpc) is 2.46. The Labute approximate surface area is 121 Å². The van der Waals surface area contributed by atoms with E-state index in [2.05, 4.69) is 0 Å².